The first-order valence-electron chi connectivity index (χ1n) is 7.00. The molecule has 1 heterocycles. The fourth-order valence-corrected chi connectivity index (χ4v) is 1.85. The van der Waals surface area contributed by atoms with E-state index in [9.17, 15) is 0 Å². The first-order chi connectivity index (χ1) is 10.9. The van der Waals surface area contributed by atoms with E-state index in [1.165, 1.54) is 11.9 Å². The largest absolute Gasteiger partial charge is 0.489 e. The average molecular weight is 290 g/mol. The van der Waals surface area contributed by atoms with Crippen LogP contribution in [0.5, 0.6) is 5.75 Å². The maximum Gasteiger partial charge on any atom is 0.127 e. The minimum Gasteiger partial charge on any atom is -0.489 e. The smallest absolute Gasteiger partial charge is 0.127 e. The number of nitrogens with zero attached hydrogens (tertiary/aromatic N) is 2. The highest BCUT2D eigenvalue weighted by molar-refractivity contribution is 5.70. The SMILES string of the molecule is C=CCOc1ccccc1-c1ccccc1.c1cncnc1. The van der Waals surface area contributed by atoms with Gasteiger partial charge in [0.15, 0.2) is 0 Å². The van der Waals surface area contributed by atoms with Crippen molar-refractivity contribution in [2.75, 3.05) is 6.61 Å². The Labute approximate surface area is 131 Å². The van der Waals surface area contributed by atoms with E-state index in [4.69, 9.17) is 4.74 Å². The molecule has 0 radical (unpaired) electrons. The Bertz CT molecular complexity index is 643. The van der Waals surface area contributed by atoms with Crippen molar-refractivity contribution >= 4 is 0 Å². The molecule has 0 aliphatic heterocycles. The van der Waals surface area contributed by atoms with Crippen molar-refractivity contribution in [3.05, 3.63) is 92.0 Å². The summed E-state index contributed by atoms with van der Waals surface area (Å²) in [4.78, 5) is 7.35. The molecule has 0 saturated carbocycles. The van der Waals surface area contributed by atoms with Crippen LogP contribution in [0.1, 0.15) is 0 Å². The minimum atomic E-state index is 0.532. The van der Waals surface area contributed by atoms with E-state index in [-0.39, 0.29) is 0 Å². The van der Waals surface area contributed by atoms with Crippen LogP contribution in [0.4, 0.5) is 0 Å². The molecule has 3 aromatic rings. The topological polar surface area (TPSA) is 35.0 Å². The molecule has 3 heteroatoms. The Morgan fingerprint density at radius 2 is 1.55 bits per heavy atom. The normalized spacial score (nSPS) is 9.27. The standard InChI is InChI=1S/C15H14O.C4H4N2/c1-2-12-16-15-11-7-6-10-14(15)13-8-4-3-5-9-13;1-2-5-4-6-3-1/h2-11H,1,12H2;1-4H. The van der Waals surface area contributed by atoms with Crippen molar-refractivity contribution in [1.82, 2.24) is 9.97 Å². The molecule has 1 aromatic heterocycles. The van der Waals surface area contributed by atoms with Gasteiger partial charge in [-0.3, -0.25) is 0 Å². The molecular weight excluding hydrogens is 272 g/mol. The van der Waals surface area contributed by atoms with Gasteiger partial charge in [0.1, 0.15) is 18.7 Å². The summed E-state index contributed by atoms with van der Waals surface area (Å²) in [5.41, 5.74) is 2.28. The summed E-state index contributed by atoms with van der Waals surface area (Å²) < 4.78 is 5.62. The van der Waals surface area contributed by atoms with Gasteiger partial charge in [-0.1, -0.05) is 61.2 Å². The molecule has 0 unspecified atom stereocenters. The monoisotopic (exact) mass is 290 g/mol. The van der Waals surface area contributed by atoms with E-state index in [1.807, 2.05) is 36.4 Å². The van der Waals surface area contributed by atoms with E-state index < -0.39 is 0 Å². The van der Waals surface area contributed by atoms with Crippen LogP contribution in [0.25, 0.3) is 11.1 Å². The lowest BCUT2D eigenvalue weighted by Gasteiger charge is -2.09. The third-order valence-corrected chi connectivity index (χ3v) is 2.81. The molecule has 0 bridgehead atoms. The van der Waals surface area contributed by atoms with Gasteiger partial charge in [0.25, 0.3) is 0 Å². The molecule has 22 heavy (non-hydrogen) atoms. The lowest BCUT2D eigenvalue weighted by atomic mass is 10.1. The molecule has 0 amide bonds. The van der Waals surface area contributed by atoms with Crippen LogP contribution in [-0.4, -0.2) is 16.6 Å². The van der Waals surface area contributed by atoms with Crippen LogP contribution in [0, 0.1) is 0 Å². The van der Waals surface area contributed by atoms with Crippen LogP contribution in [0.2, 0.25) is 0 Å². The zero-order valence-electron chi connectivity index (χ0n) is 12.3. The maximum atomic E-state index is 5.62. The van der Waals surface area contributed by atoms with Crippen LogP contribution in [0.15, 0.2) is 92.0 Å². The Balaban J connectivity index is 0.000000246. The lowest BCUT2D eigenvalue weighted by Crippen LogP contribution is -1.94. The average Bonchev–Trinajstić information content (AvgIpc) is 2.63. The van der Waals surface area contributed by atoms with Gasteiger partial charge >= 0.3 is 0 Å². The molecule has 0 N–H and O–H groups in total. The van der Waals surface area contributed by atoms with Crippen LogP contribution < -0.4 is 4.74 Å². The third-order valence-electron chi connectivity index (χ3n) is 2.81. The molecule has 0 fully saturated rings. The van der Waals surface area contributed by atoms with E-state index in [1.54, 1.807) is 24.5 Å². The van der Waals surface area contributed by atoms with E-state index >= 15 is 0 Å². The van der Waals surface area contributed by atoms with Gasteiger partial charge in [-0.25, -0.2) is 9.97 Å². The van der Waals surface area contributed by atoms with Crippen molar-refractivity contribution in [2.24, 2.45) is 0 Å². The Morgan fingerprint density at radius 3 is 2.14 bits per heavy atom. The summed E-state index contributed by atoms with van der Waals surface area (Å²) in [6, 6.07) is 20.0. The van der Waals surface area contributed by atoms with Crippen molar-refractivity contribution in [3.63, 3.8) is 0 Å². The summed E-state index contributed by atoms with van der Waals surface area (Å²) in [6.45, 7) is 4.18. The first-order valence-corrected chi connectivity index (χ1v) is 7.00. The number of para-hydroxylation sites is 1. The molecule has 3 nitrogen and oxygen atoms in total. The highest BCUT2D eigenvalue weighted by atomic mass is 16.5. The van der Waals surface area contributed by atoms with E-state index in [0.717, 1.165) is 11.3 Å². The number of aromatic nitrogens is 2. The zero-order chi connectivity index (χ0) is 15.5. The molecule has 110 valence electrons. The fraction of sp³-hybridized carbons (Fsp3) is 0.0526. The summed E-state index contributed by atoms with van der Waals surface area (Å²) in [6.07, 6.45) is 6.63. The van der Waals surface area contributed by atoms with Crippen molar-refractivity contribution in [1.29, 1.82) is 0 Å². The second-order valence-electron chi connectivity index (χ2n) is 4.37. The summed E-state index contributed by atoms with van der Waals surface area (Å²) >= 11 is 0. The molecule has 0 spiro atoms. The zero-order valence-corrected chi connectivity index (χ0v) is 12.3. The van der Waals surface area contributed by atoms with Gasteiger partial charge in [0.05, 0.1) is 0 Å². The van der Waals surface area contributed by atoms with Crippen LogP contribution in [0.3, 0.4) is 0 Å². The Kier molecular flexibility index (Phi) is 6.38. The Hall–Kier alpha value is -2.94. The minimum absolute atomic E-state index is 0.532. The third kappa shape index (κ3) is 4.87. The number of ether oxygens (including phenoxy) is 1. The number of hydrogen-bond donors (Lipinski definition) is 0. The molecule has 0 atom stereocenters. The molecule has 3 rings (SSSR count). The van der Waals surface area contributed by atoms with E-state index in [0.29, 0.717) is 6.61 Å². The molecule has 0 aliphatic carbocycles. The quantitative estimate of drug-likeness (QED) is 0.668. The predicted octanol–water partition coefficient (Wildman–Crippen LogP) is 4.40. The lowest BCUT2D eigenvalue weighted by molar-refractivity contribution is 0.365. The predicted molar refractivity (Wildman–Crippen MR) is 89.6 cm³/mol. The first kappa shape index (κ1) is 15.4. The highest BCUT2D eigenvalue weighted by Crippen LogP contribution is 2.29. The van der Waals surface area contributed by atoms with Crippen LogP contribution >= 0.6 is 0 Å². The van der Waals surface area contributed by atoms with Crippen molar-refractivity contribution in [3.8, 4) is 16.9 Å². The van der Waals surface area contributed by atoms with Gasteiger partial charge < -0.3 is 4.74 Å². The molecule has 0 aliphatic rings. The molecule has 2 aromatic carbocycles. The van der Waals surface area contributed by atoms with Crippen molar-refractivity contribution in [2.45, 2.75) is 0 Å². The second kappa shape index (κ2) is 9.08. The highest BCUT2D eigenvalue weighted by Gasteiger charge is 2.03. The van der Waals surface area contributed by atoms with E-state index in [2.05, 4.69) is 34.7 Å². The fourth-order valence-electron chi connectivity index (χ4n) is 1.85. The van der Waals surface area contributed by atoms with Gasteiger partial charge in [-0.05, 0) is 17.7 Å². The van der Waals surface area contributed by atoms with Crippen LogP contribution in [-0.2, 0) is 0 Å². The van der Waals surface area contributed by atoms with Gasteiger partial charge in [0.2, 0.25) is 0 Å². The van der Waals surface area contributed by atoms with Crippen molar-refractivity contribution < 1.29 is 4.74 Å². The molecule has 0 saturated heterocycles. The van der Waals surface area contributed by atoms with Gasteiger partial charge in [0, 0.05) is 18.0 Å². The maximum absolute atomic E-state index is 5.62. The van der Waals surface area contributed by atoms with Gasteiger partial charge in [-0.15, -0.1) is 0 Å². The summed E-state index contributed by atoms with van der Waals surface area (Å²) in [7, 11) is 0. The number of hydrogen-bond acceptors (Lipinski definition) is 3. The van der Waals surface area contributed by atoms with Gasteiger partial charge in [-0.2, -0.15) is 0 Å². The Morgan fingerprint density at radius 1 is 0.864 bits per heavy atom. The number of rotatable bonds is 4. The summed E-state index contributed by atoms with van der Waals surface area (Å²) in [5.74, 6) is 0.897. The number of benzene rings is 2. The second-order valence-corrected chi connectivity index (χ2v) is 4.37. The summed E-state index contributed by atoms with van der Waals surface area (Å²) in [5, 5.41) is 0. The molecular formula is C19H18N2O.